The topological polar surface area (TPSA) is 87.7 Å². The van der Waals surface area contributed by atoms with Gasteiger partial charge in [0, 0.05) is 6.54 Å². The SMILES string of the molecule is C[C@H](NC(=O)C1(NCCOc2ccccc2)CCCC1)c1ccc(C(=O)O)cc1. The predicted molar refractivity (Wildman–Crippen MR) is 111 cm³/mol. The molecular weight excluding hydrogens is 368 g/mol. The van der Waals surface area contributed by atoms with E-state index in [1.807, 2.05) is 37.3 Å². The molecule has 2 aromatic rings. The molecule has 6 heteroatoms. The van der Waals surface area contributed by atoms with Crippen LogP contribution in [-0.4, -0.2) is 35.7 Å². The molecule has 1 aliphatic carbocycles. The minimum atomic E-state index is -0.958. The van der Waals surface area contributed by atoms with Gasteiger partial charge in [-0.3, -0.25) is 10.1 Å². The second-order valence-corrected chi connectivity index (χ2v) is 7.50. The lowest BCUT2D eigenvalue weighted by Gasteiger charge is -2.31. The molecule has 6 nitrogen and oxygen atoms in total. The van der Waals surface area contributed by atoms with E-state index in [-0.39, 0.29) is 17.5 Å². The first-order valence-corrected chi connectivity index (χ1v) is 10.1. The number of aromatic carboxylic acids is 1. The van der Waals surface area contributed by atoms with Crippen molar-refractivity contribution >= 4 is 11.9 Å². The predicted octanol–water partition coefficient (Wildman–Crippen LogP) is 3.54. The monoisotopic (exact) mass is 396 g/mol. The van der Waals surface area contributed by atoms with E-state index < -0.39 is 11.5 Å². The largest absolute Gasteiger partial charge is 0.492 e. The van der Waals surface area contributed by atoms with E-state index >= 15 is 0 Å². The van der Waals surface area contributed by atoms with Crippen molar-refractivity contribution in [2.24, 2.45) is 0 Å². The summed E-state index contributed by atoms with van der Waals surface area (Å²) < 4.78 is 5.73. The molecule has 0 unspecified atom stereocenters. The lowest BCUT2D eigenvalue weighted by atomic mass is 9.95. The summed E-state index contributed by atoms with van der Waals surface area (Å²) >= 11 is 0. The maximum absolute atomic E-state index is 13.1. The number of nitrogens with one attached hydrogen (secondary N) is 2. The minimum absolute atomic E-state index is 0.00970. The van der Waals surface area contributed by atoms with Crippen LogP contribution in [-0.2, 0) is 4.79 Å². The van der Waals surface area contributed by atoms with Gasteiger partial charge in [0.2, 0.25) is 5.91 Å². The zero-order valence-electron chi connectivity index (χ0n) is 16.7. The maximum atomic E-state index is 13.1. The van der Waals surface area contributed by atoms with E-state index in [0.29, 0.717) is 13.2 Å². The van der Waals surface area contributed by atoms with Crippen molar-refractivity contribution in [2.45, 2.75) is 44.2 Å². The summed E-state index contributed by atoms with van der Waals surface area (Å²) in [5, 5.41) is 15.6. The van der Waals surface area contributed by atoms with Crippen LogP contribution >= 0.6 is 0 Å². The van der Waals surface area contributed by atoms with E-state index in [1.165, 1.54) is 0 Å². The van der Waals surface area contributed by atoms with Crippen LogP contribution < -0.4 is 15.4 Å². The average molecular weight is 396 g/mol. The molecule has 29 heavy (non-hydrogen) atoms. The van der Waals surface area contributed by atoms with Gasteiger partial charge in [0.25, 0.3) is 0 Å². The van der Waals surface area contributed by atoms with Crippen LogP contribution in [0.1, 0.15) is 54.6 Å². The second-order valence-electron chi connectivity index (χ2n) is 7.50. The van der Waals surface area contributed by atoms with Crippen molar-refractivity contribution in [3.63, 3.8) is 0 Å². The zero-order valence-corrected chi connectivity index (χ0v) is 16.7. The van der Waals surface area contributed by atoms with Gasteiger partial charge >= 0.3 is 5.97 Å². The maximum Gasteiger partial charge on any atom is 0.335 e. The number of hydrogen-bond acceptors (Lipinski definition) is 4. The number of rotatable bonds is 9. The van der Waals surface area contributed by atoms with Gasteiger partial charge < -0.3 is 15.2 Å². The molecule has 0 heterocycles. The van der Waals surface area contributed by atoms with Gasteiger partial charge in [-0.25, -0.2) is 4.79 Å². The van der Waals surface area contributed by atoms with Gasteiger partial charge in [0.1, 0.15) is 12.4 Å². The Morgan fingerprint density at radius 2 is 1.72 bits per heavy atom. The lowest BCUT2D eigenvalue weighted by molar-refractivity contribution is -0.128. The average Bonchev–Trinajstić information content (AvgIpc) is 3.22. The Kier molecular flexibility index (Phi) is 6.88. The Morgan fingerprint density at radius 1 is 1.07 bits per heavy atom. The summed E-state index contributed by atoms with van der Waals surface area (Å²) in [6, 6.07) is 16.0. The summed E-state index contributed by atoms with van der Waals surface area (Å²) in [6.45, 7) is 2.99. The quantitative estimate of drug-likeness (QED) is 0.564. The van der Waals surface area contributed by atoms with Gasteiger partial charge in [0.05, 0.1) is 17.1 Å². The third-order valence-electron chi connectivity index (χ3n) is 5.47. The van der Waals surface area contributed by atoms with Crippen molar-refractivity contribution in [3.05, 3.63) is 65.7 Å². The minimum Gasteiger partial charge on any atom is -0.492 e. The fourth-order valence-corrected chi connectivity index (χ4v) is 3.77. The molecule has 1 atom stereocenters. The van der Waals surface area contributed by atoms with E-state index in [0.717, 1.165) is 37.0 Å². The number of ether oxygens (including phenoxy) is 1. The highest BCUT2D eigenvalue weighted by Crippen LogP contribution is 2.30. The first-order valence-electron chi connectivity index (χ1n) is 10.1. The highest BCUT2D eigenvalue weighted by Gasteiger charge is 2.41. The summed E-state index contributed by atoms with van der Waals surface area (Å²) in [5.74, 6) is -0.151. The Bertz CT molecular complexity index is 815. The molecule has 0 saturated heterocycles. The van der Waals surface area contributed by atoms with E-state index in [4.69, 9.17) is 9.84 Å². The number of carboxylic acid groups (broad SMARTS) is 1. The fourth-order valence-electron chi connectivity index (χ4n) is 3.77. The van der Waals surface area contributed by atoms with E-state index in [2.05, 4.69) is 10.6 Å². The Balaban J connectivity index is 1.56. The molecule has 0 bridgehead atoms. The molecule has 0 aromatic heterocycles. The summed E-state index contributed by atoms with van der Waals surface area (Å²) in [7, 11) is 0. The molecule has 2 aromatic carbocycles. The van der Waals surface area contributed by atoms with E-state index in [9.17, 15) is 9.59 Å². The molecule has 3 rings (SSSR count). The van der Waals surface area contributed by atoms with Gasteiger partial charge in [-0.1, -0.05) is 43.2 Å². The van der Waals surface area contributed by atoms with Crippen LogP contribution in [0, 0.1) is 0 Å². The number of hydrogen-bond donors (Lipinski definition) is 3. The molecule has 3 N–H and O–H groups in total. The summed E-state index contributed by atoms with van der Waals surface area (Å²) in [5.41, 5.74) is 0.540. The third kappa shape index (κ3) is 5.35. The number of para-hydroxylation sites is 1. The summed E-state index contributed by atoms with van der Waals surface area (Å²) in [4.78, 5) is 24.1. The summed E-state index contributed by atoms with van der Waals surface area (Å²) in [6.07, 6.45) is 3.63. The third-order valence-corrected chi connectivity index (χ3v) is 5.47. The Hall–Kier alpha value is -2.86. The van der Waals surface area contributed by atoms with Crippen molar-refractivity contribution in [3.8, 4) is 5.75 Å². The number of carbonyl (C=O) groups is 2. The molecule has 1 saturated carbocycles. The molecule has 1 fully saturated rings. The van der Waals surface area contributed by atoms with Crippen LogP contribution in [0.3, 0.4) is 0 Å². The van der Waals surface area contributed by atoms with Gasteiger partial charge in [-0.2, -0.15) is 0 Å². The zero-order chi connectivity index (χ0) is 20.7. The van der Waals surface area contributed by atoms with Crippen LogP contribution in [0.15, 0.2) is 54.6 Å². The molecule has 1 aliphatic rings. The lowest BCUT2D eigenvalue weighted by Crippen LogP contribution is -2.56. The van der Waals surface area contributed by atoms with Crippen molar-refractivity contribution in [1.82, 2.24) is 10.6 Å². The number of amides is 1. The fraction of sp³-hybridized carbons (Fsp3) is 0.391. The Labute approximate surface area is 171 Å². The Morgan fingerprint density at radius 3 is 2.34 bits per heavy atom. The van der Waals surface area contributed by atoms with Crippen molar-refractivity contribution in [1.29, 1.82) is 0 Å². The molecule has 0 radical (unpaired) electrons. The molecule has 1 amide bonds. The number of carboxylic acids is 1. The molecule has 0 spiro atoms. The van der Waals surface area contributed by atoms with Crippen LogP contribution in [0.4, 0.5) is 0 Å². The highest BCUT2D eigenvalue weighted by atomic mass is 16.5. The van der Waals surface area contributed by atoms with Crippen LogP contribution in [0.5, 0.6) is 5.75 Å². The first-order chi connectivity index (χ1) is 14.0. The first kappa shape index (κ1) is 20.9. The van der Waals surface area contributed by atoms with Gasteiger partial charge in [-0.05, 0) is 49.6 Å². The molecule has 154 valence electrons. The van der Waals surface area contributed by atoms with Gasteiger partial charge in [-0.15, -0.1) is 0 Å². The normalized spacial score (nSPS) is 16.2. The van der Waals surface area contributed by atoms with E-state index in [1.54, 1.807) is 24.3 Å². The highest BCUT2D eigenvalue weighted by molar-refractivity contribution is 5.88. The van der Waals surface area contributed by atoms with Crippen LogP contribution in [0.25, 0.3) is 0 Å². The molecular formula is C23H28N2O4. The second kappa shape index (κ2) is 9.56. The smallest absolute Gasteiger partial charge is 0.335 e. The molecule has 0 aliphatic heterocycles. The number of benzene rings is 2. The van der Waals surface area contributed by atoms with Crippen molar-refractivity contribution < 1.29 is 19.4 Å². The number of carbonyl (C=O) groups excluding carboxylic acids is 1. The van der Waals surface area contributed by atoms with Crippen LogP contribution in [0.2, 0.25) is 0 Å². The standard InChI is InChI=1S/C23H28N2O4/c1-17(18-9-11-19(12-10-18)21(26)27)25-22(28)23(13-5-6-14-23)24-15-16-29-20-7-3-2-4-8-20/h2-4,7-12,17,24H,5-6,13-16H2,1H3,(H,25,28)(H,26,27)/t17-/m0/s1. The van der Waals surface area contributed by atoms with Gasteiger partial charge in [0.15, 0.2) is 0 Å². The van der Waals surface area contributed by atoms with Crippen molar-refractivity contribution in [2.75, 3.05) is 13.2 Å².